The van der Waals surface area contributed by atoms with E-state index in [1.54, 1.807) is 41.5 Å². The number of Topliss-reactive ketones (excluding diaryl/α,β-unsaturated/α-hetero) is 1. The Morgan fingerprint density at radius 3 is 1.58 bits per heavy atom. The summed E-state index contributed by atoms with van der Waals surface area (Å²) in [5.74, 6) is -2.80. The average Bonchev–Trinajstić information content (AvgIpc) is 2.52. The highest BCUT2D eigenvalue weighted by atomic mass is 16.6. The van der Waals surface area contributed by atoms with Crippen LogP contribution < -0.4 is 0 Å². The molecule has 7 nitrogen and oxygen atoms in total. The molecule has 0 saturated carbocycles. The predicted octanol–water partition coefficient (Wildman–Crippen LogP) is 2.83. The van der Waals surface area contributed by atoms with Crippen LogP contribution in [0.5, 0.6) is 0 Å². The number of hydrogen-bond acceptors (Lipinski definition) is 7. The van der Waals surface area contributed by atoms with Crippen LogP contribution in [0.4, 0.5) is 0 Å². The third-order valence-electron chi connectivity index (χ3n) is 3.50. The molecule has 0 fully saturated rings. The monoisotopic (exact) mass is 372 g/mol. The first kappa shape index (κ1) is 24.1. The second-order valence-electron chi connectivity index (χ2n) is 8.24. The van der Waals surface area contributed by atoms with Crippen molar-refractivity contribution >= 4 is 23.7 Å². The summed E-state index contributed by atoms with van der Waals surface area (Å²) in [4.78, 5) is 49.3. The first-order valence-corrected chi connectivity index (χ1v) is 8.78. The molecule has 2 atom stereocenters. The van der Waals surface area contributed by atoms with Crippen LogP contribution in [-0.4, -0.2) is 43.0 Å². The number of ether oxygens (including phenoxy) is 3. The van der Waals surface area contributed by atoms with Gasteiger partial charge in [-0.1, -0.05) is 13.3 Å². The van der Waals surface area contributed by atoms with Gasteiger partial charge in [0.25, 0.3) is 0 Å². The molecule has 0 heterocycles. The van der Waals surface area contributed by atoms with E-state index in [9.17, 15) is 19.2 Å². The fraction of sp³-hybridized carbons (Fsp3) is 0.789. The second-order valence-corrected chi connectivity index (χ2v) is 8.24. The maximum atomic E-state index is 12.6. The van der Waals surface area contributed by atoms with Crippen LogP contribution in [0.1, 0.15) is 67.7 Å². The Labute approximate surface area is 155 Å². The number of rotatable bonds is 8. The number of ketones is 1. The number of carbonyl (C=O) groups is 4. The van der Waals surface area contributed by atoms with Gasteiger partial charge in [-0.15, -0.1) is 0 Å². The van der Waals surface area contributed by atoms with E-state index in [2.05, 4.69) is 4.74 Å². The lowest BCUT2D eigenvalue weighted by Gasteiger charge is -2.29. The van der Waals surface area contributed by atoms with Gasteiger partial charge in [0.15, 0.2) is 5.78 Å². The second kappa shape index (κ2) is 9.69. The van der Waals surface area contributed by atoms with Crippen LogP contribution in [-0.2, 0) is 33.4 Å². The molecular formula is C19H32O7. The van der Waals surface area contributed by atoms with Crippen molar-refractivity contribution in [3.05, 3.63) is 0 Å². The summed E-state index contributed by atoms with van der Waals surface area (Å²) < 4.78 is 15.2. The molecule has 0 unspecified atom stereocenters. The van der Waals surface area contributed by atoms with Crippen LogP contribution in [0.3, 0.4) is 0 Å². The first-order valence-electron chi connectivity index (χ1n) is 8.78. The van der Waals surface area contributed by atoms with E-state index >= 15 is 0 Å². The molecule has 0 aromatic carbocycles. The van der Waals surface area contributed by atoms with E-state index in [1.165, 1.54) is 0 Å². The zero-order chi connectivity index (χ0) is 20.7. The molecule has 0 spiro atoms. The van der Waals surface area contributed by atoms with Gasteiger partial charge >= 0.3 is 17.9 Å². The molecule has 0 N–H and O–H groups in total. The number of esters is 3. The normalized spacial score (nSPS) is 14.2. The first-order chi connectivity index (χ1) is 11.8. The Bertz CT molecular complexity index is 523. The lowest BCUT2D eigenvalue weighted by atomic mass is 9.96. The highest BCUT2D eigenvalue weighted by Crippen LogP contribution is 2.23. The average molecular weight is 372 g/mol. The quantitative estimate of drug-likeness (QED) is 0.477. The molecule has 0 amide bonds. The number of carbonyl (C=O) groups excluding carboxylic acids is 4. The maximum absolute atomic E-state index is 12.6. The van der Waals surface area contributed by atoms with Crippen molar-refractivity contribution in [2.24, 2.45) is 10.8 Å². The van der Waals surface area contributed by atoms with Crippen molar-refractivity contribution in [1.82, 2.24) is 0 Å². The zero-order valence-electron chi connectivity index (χ0n) is 17.1. The van der Waals surface area contributed by atoms with Gasteiger partial charge in [-0.25, -0.2) is 4.79 Å². The van der Waals surface area contributed by atoms with Crippen molar-refractivity contribution in [2.45, 2.75) is 79.9 Å². The molecule has 0 aliphatic heterocycles. The van der Waals surface area contributed by atoms with Crippen LogP contribution >= 0.6 is 0 Å². The minimum atomic E-state index is -1.64. The third-order valence-corrected chi connectivity index (χ3v) is 3.50. The lowest BCUT2D eigenvalue weighted by molar-refractivity contribution is -0.189. The molecule has 0 rings (SSSR count). The van der Waals surface area contributed by atoms with Crippen molar-refractivity contribution < 1.29 is 33.4 Å². The van der Waals surface area contributed by atoms with E-state index in [4.69, 9.17) is 9.47 Å². The van der Waals surface area contributed by atoms with E-state index in [1.807, 2.05) is 6.92 Å². The minimum Gasteiger partial charge on any atom is -0.466 e. The predicted molar refractivity (Wildman–Crippen MR) is 95.2 cm³/mol. The molecule has 7 heteroatoms. The van der Waals surface area contributed by atoms with Crippen molar-refractivity contribution in [3.8, 4) is 0 Å². The summed E-state index contributed by atoms with van der Waals surface area (Å²) in [6.07, 6.45) is -1.77. The molecule has 150 valence electrons. The molecule has 0 bridgehead atoms. The zero-order valence-corrected chi connectivity index (χ0v) is 17.1. The number of methoxy groups -OCH3 is 1. The molecule has 0 saturated heterocycles. The van der Waals surface area contributed by atoms with E-state index in [-0.39, 0.29) is 6.42 Å². The van der Waals surface area contributed by atoms with Crippen LogP contribution in [0.15, 0.2) is 0 Å². The van der Waals surface area contributed by atoms with Gasteiger partial charge in [0.1, 0.15) is 0 Å². The van der Waals surface area contributed by atoms with Gasteiger partial charge in [-0.3, -0.25) is 14.4 Å². The highest BCUT2D eigenvalue weighted by Gasteiger charge is 2.43. The Balaban J connectivity index is 5.76. The Morgan fingerprint density at radius 1 is 0.808 bits per heavy atom. The van der Waals surface area contributed by atoms with Gasteiger partial charge in [0, 0.05) is 6.42 Å². The molecule has 0 aromatic heterocycles. The molecule has 0 aromatic rings. The van der Waals surface area contributed by atoms with Gasteiger partial charge in [0.2, 0.25) is 12.2 Å². The fourth-order valence-electron chi connectivity index (χ4n) is 1.72. The smallest absolute Gasteiger partial charge is 0.351 e. The Kier molecular flexibility index (Phi) is 8.97. The standard InChI is InChI=1S/C19H32O7/c1-9-10-11-12(20)13(25-16(22)18(2,3)4)14(15(21)24-8)26-17(23)19(5,6)7/h13-14H,9-11H2,1-8H3/t13-,14+/m0/s1. The summed E-state index contributed by atoms with van der Waals surface area (Å²) in [5, 5.41) is 0. The van der Waals surface area contributed by atoms with Crippen LogP contribution in [0, 0.1) is 10.8 Å². The van der Waals surface area contributed by atoms with Crippen LogP contribution in [0.25, 0.3) is 0 Å². The summed E-state index contributed by atoms with van der Waals surface area (Å²) >= 11 is 0. The maximum Gasteiger partial charge on any atom is 0.351 e. The lowest BCUT2D eigenvalue weighted by Crippen LogP contribution is -2.48. The number of hydrogen-bond donors (Lipinski definition) is 0. The summed E-state index contributed by atoms with van der Waals surface area (Å²) in [7, 11) is 1.11. The Hall–Kier alpha value is -1.92. The SMILES string of the molecule is CCCCC(=O)[C@H](OC(=O)C(C)(C)C)[C@@H](OC(=O)C(C)(C)C)C(=O)OC. The van der Waals surface area contributed by atoms with Crippen LogP contribution in [0.2, 0.25) is 0 Å². The molecular weight excluding hydrogens is 340 g/mol. The largest absolute Gasteiger partial charge is 0.466 e. The summed E-state index contributed by atoms with van der Waals surface area (Å²) in [6.45, 7) is 11.6. The van der Waals surface area contributed by atoms with Crippen molar-refractivity contribution in [3.63, 3.8) is 0 Å². The number of unbranched alkanes of at least 4 members (excludes halogenated alkanes) is 1. The molecule has 0 aliphatic carbocycles. The van der Waals surface area contributed by atoms with Gasteiger partial charge in [-0.2, -0.15) is 0 Å². The fourth-order valence-corrected chi connectivity index (χ4v) is 1.72. The summed E-state index contributed by atoms with van der Waals surface area (Å²) in [6, 6.07) is 0. The molecule has 0 radical (unpaired) electrons. The third kappa shape index (κ3) is 7.54. The summed E-state index contributed by atoms with van der Waals surface area (Å²) in [5.41, 5.74) is -1.80. The highest BCUT2D eigenvalue weighted by molar-refractivity contribution is 5.93. The molecule has 26 heavy (non-hydrogen) atoms. The minimum absolute atomic E-state index is 0.0964. The van der Waals surface area contributed by atoms with Crippen molar-refractivity contribution in [1.29, 1.82) is 0 Å². The van der Waals surface area contributed by atoms with E-state index in [0.29, 0.717) is 6.42 Å². The van der Waals surface area contributed by atoms with Gasteiger partial charge in [-0.05, 0) is 48.0 Å². The Morgan fingerprint density at radius 2 is 1.23 bits per heavy atom. The van der Waals surface area contributed by atoms with Crippen molar-refractivity contribution in [2.75, 3.05) is 7.11 Å². The van der Waals surface area contributed by atoms with E-state index in [0.717, 1.165) is 13.5 Å². The van der Waals surface area contributed by atoms with Gasteiger partial charge < -0.3 is 14.2 Å². The topological polar surface area (TPSA) is 96.0 Å². The van der Waals surface area contributed by atoms with Gasteiger partial charge in [0.05, 0.1) is 17.9 Å². The van der Waals surface area contributed by atoms with E-state index < -0.39 is 46.7 Å². The molecule has 0 aliphatic rings.